The van der Waals surface area contributed by atoms with E-state index in [1.54, 1.807) is 13.2 Å². The van der Waals surface area contributed by atoms with E-state index in [1.165, 1.54) is 0 Å². The van der Waals surface area contributed by atoms with Crippen LogP contribution >= 0.6 is 0 Å². The minimum absolute atomic E-state index is 0.131. The maximum Gasteiger partial charge on any atom is 0.331 e. The summed E-state index contributed by atoms with van der Waals surface area (Å²) in [5.74, 6) is 0.528. The van der Waals surface area contributed by atoms with Gasteiger partial charge in [0, 0.05) is 17.2 Å². The number of ether oxygens (including phenoxy) is 2. The van der Waals surface area contributed by atoms with Gasteiger partial charge in [-0.1, -0.05) is 31.5 Å². The Labute approximate surface area is 107 Å². The number of unbranched alkanes of at least 4 members (excludes halogenated alkanes) is 1. The van der Waals surface area contributed by atoms with Gasteiger partial charge in [-0.25, -0.2) is 4.79 Å². The minimum Gasteiger partial charge on any atom is -0.496 e. The Morgan fingerprint density at radius 3 is 2.83 bits per heavy atom. The van der Waals surface area contributed by atoms with Gasteiger partial charge in [-0.15, -0.1) is 0 Å². The smallest absolute Gasteiger partial charge is 0.331 e. The Hall–Kier alpha value is -1.77. The molecule has 1 heterocycles. The molecule has 0 fully saturated rings. The second kappa shape index (κ2) is 5.71. The van der Waals surface area contributed by atoms with Crippen LogP contribution in [0.1, 0.15) is 31.7 Å². The molecule has 3 nitrogen and oxygen atoms in total. The van der Waals surface area contributed by atoms with Gasteiger partial charge in [0.1, 0.15) is 11.9 Å². The lowest BCUT2D eigenvalue weighted by molar-refractivity contribution is -0.138. The van der Waals surface area contributed by atoms with Crippen molar-refractivity contribution < 1.29 is 14.3 Å². The number of carbonyl (C=O) groups is 1. The largest absolute Gasteiger partial charge is 0.496 e. The first-order valence-corrected chi connectivity index (χ1v) is 6.32. The maximum atomic E-state index is 11.5. The van der Waals surface area contributed by atoms with Crippen molar-refractivity contribution >= 4 is 11.5 Å². The second-order valence-corrected chi connectivity index (χ2v) is 4.37. The summed E-state index contributed by atoms with van der Waals surface area (Å²) in [4.78, 5) is 11.5. The van der Waals surface area contributed by atoms with Crippen molar-refractivity contribution in [3.8, 4) is 5.75 Å². The highest BCUT2D eigenvalue weighted by Crippen LogP contribution is 2.34. The van der Waals surface area contributed by atoms with Gasteiger partial charge in [-0.05, 0) is 18.9 Å². The Morgan fingerprint density at radius 2 is 2.11 bits per heavy atom. The first kappa shape index (κ1) is 12.7. The number of hydrogen-bond donors (Lipinski definition) is 0. The predicted octanol–water partition coefficient (Wildman–Crippen LogP) is 3.19. The van der Waals surface area contributed by atoms with E-state index in [4.69, 9.17) is 9.47 Å². The van der Waals surface area contributed by atoms with E-state index in [2.05, 4.69) is 6.92 Å². The van der Waals surface area contributed by atoms with Crippen LogP contribution in [0.15, 0.2) is 30.3 Å². The highest BCUT2D eigenvalue weighted by Gasteiger charge is 2.28. The summed E-state index contributed by atoms with van der Waals surface area (Å²) in [6.07, 6.45) is 4.45. The van der Waals surface area contributed by atoms with E-state index >= 15 is 0 Å². The first-order valence-electron chi connectivity index (χ1n) is 6.32. The first-order chi connectivity index (χ1) is 8.76. The highest BCUT2D eigenvalue weighted by molar-refractivity contribution is 5.97. The van der Waals surface area contributed by atoms with Crippen LogP contribution in [0.25, 0.3) is 5.57 Å². The molecule has 0 saturated carbocycles. The molecule has 2 rings (SSSR count). The molecular weight excluding hydrogens is 228 g/mol. The van der Waals surface area contributed by atoms with Crippen LogP contribution in [-0.2, 0) is 9.53 Å². The summed E-state index contributed by atoms with van der Waals surface area (Å²) in [7, 11) is 1.64. The summed E-state index contributed by atoms with van der Waals surface area (Å²) in [5.41, 5.74) is 1.89. The molecular formula is C15H18O3. The van der Waals surface area contributed by atoms with Crippen LogP contribution in [0, 0.1) is 0 Å². The van der Waals surface area contributed by atoms with Crippen molar-refractivity contribution in [3.63, 3.8) is 0 Å². The zero-order chi connectivity index (χ0) is 13.0. The van der Waals surface area contributed by atoms with Crippen molar-refractivity contribution in [1.29, 1.82) is 0 Å². The van der Waals surface area contributed by atoms with Gasteiger partial charge in [-0.3, -0.25) is 0 Å². The topological polar surface area (TPSA) is 35.5 Å². The Kier molecular flexibility index (Phi) is 4.03. The highest BCUT2D eigenvalue weighted by atomic mass is 16.5. The number of cyclic esters (lactones) is 1. The van der Waals surface area contributed by atoms with Crippen LogP contribution in [0.4, 0.5) is 0 Å². The lowest BCUT2D eigenvalue weighted by Gasteiger charge is -2.16. The summed E-state index contributed by atoms with van der Waals surface area (Å²) >= 11 is 0. The van der Waals surface area contributed by atoms with E-state index < -0.39 is 0 Å². The number of para-hydroxylation sites is 1. The SMILES string of the molecule is CCCCC1OC(=O)C=C1c1ccccc1OC. The normalized spacial score (nSPS) is 18.4. The van der Waals surface area contributed by atoms with E-state index in [-0.39, 0.29) is 12.1 Å². The van der Waals surface area contributed by atoms with Gasteiger partial charge in [0.25, 0.3) is 0 Å². The lowest BCUT2D eigenvalue weighted by Crippen LogP contribution is -2.11. The van der Waals surface area contributed by atoms with Gasteiger partial charge >= 0.3 is 5.97 Å². The molecule has 1 atom stereocenters. The van der Waals surface area contributed by atoms with Crippen molar-refractivity contribution in [2.45, 2.75) is 32.3 Å². The molecule has 0 saturated heterocycles. The fourth-order valence-electron chi connectivity index (χ4n) is 2.20. The van der Waals surface area contributed by atoms with E-state index in [1.807, 2.05) is 24.3 Å². The molecule has 0 amide bonds. The summed E-state index contributed by atoms with van der Waals surface area (Å²) in [5, 5.41) is 0. The number of carbonyl (C=O) groups excluding carboxylic acids is 1. The third-order valence-electron chi connectivity index (χ3n) is 3.12. The molecule has 1 aliphatic rings. The van der Waals surface area contributed by atoms with Crippen LogP contribution in [0.2, 0.25) is 0 Å². The number of rotatable bonds is 5. The van der Waals surface area contributed by atoms with Crippen molar-refractivity contribution in [1.82, 2.24) is 0 Å². The average molecular weight is 246 g/mol. The quantitative estimate of drug-likeness (QED) is 0.748. The fourth-order valence-corrected chi connectivity index (χ4v) is 2.20. The lowest BCUT2D eigenvalue weighted by atomic mass is 9.97. The third kappa shape index (κ3) is 2.55. The van der Waals surface area contributed by atoms with Gasteiger partial charge in [-0.2, -0.15) is 0 Å². The molecule has 0 N–H and O–H groups in total. The molecule has 3 heteroatoms. The van der Waals surface area contributed by atoms with Gasteiger partial charge in [0.2, 0.25) is 0 Å². The van der Waals surface area contributed by atoms with Gasteiger partial charge in [0.05, 0.1) is 7.11 Å². The summed E-state index contributed by atoms with van der Waals surface area (Å²) in [6.45, 7) is 2.13. The molecule has 1 aromatic carbocycles. The predicted molar refractivity (Wildman–Crippen MR) is 70.4 cm³/mol. The average Bonchev–Trinajstić information content (AvgIpc) is 2.77. The van der Waals surface area contributed by atoms with Crippen LogP contribution < -0.4 is 4.74 Å². The monoisotopic (exact) mass is 246 g/mol. The Bertz CT molecular complexity index is 463. The number of methoxy groups -OCH3 is 1. The zero-order valence-electron chi connectivity index (χ0n) is 10.8. The molecule has 1 aromatic rings. The van der Waals surface area contributed by atoms with Gasteiger partial charge in [0.15, 0.2) is 0 Å². The van der Waals surface area contributed by atoms with Crippen molar-refractivity contribution in [3.05, 3.63) is 35.9 Å². The zero-order valence-corrected chi connectivity index (χ0v) is 10.8. The minimum atomic E-state index is -0.253. The summed E-state index contributed by atoms with van der Waals surface area (Å²) < 4.78 is 10.7. The molecule has 96 valence electrons. The fraction of sp³-hybridized carbons (Fsp3) is 0.400. The Balaban J connectivity index is 2.29. The Morgan fingerprint density at radius 1 is 1.33 bits per heavy atom. The maximum absolute atomic E-state index is 11.5. The molecule has 18 heavy (non-hydrogen) atoms. The van der Waals surface area contributed by atoms with E-state index in [0.717, 1.165) is 36.1 Å². The summed E-state index contributed by atoms with van der Waals surface area (Å²) in [6, 6.07) is 7.72. The molecule has 1 unspecified atom stereocenters. The van der Waals surface area contributed by atoms with Gasteiger partial charge < -0.3 is 9.47 Å². The molecule has 0 spiro atoms. The van der Waals surface area contributed by atoms with Crippen molar-refractivity contribution in [2.75, 3.05) is 7.11 Å². The third-order valence-corrected chi connectivity index (χ3v) is 3.12. The number of benzene rings is 1. The standard InChI is InChI=1S/C15H18O3/c1-3-4-8-14-12(10-15(16)18-14)11-7-5-6-9-13(11)17-2/h5-7,9-10,14H,3-4,8H2,1-2H3. The molecule has 1 aliphatic heterocycles. The molecule has 0 radical (unpaired) electrons. The molecule has 0 aromatic heterocycles. The number of esters is 1. The van der Waals surface area contributed by atoms with Crippen molar-refractivity contribution in [2.24, 2.45) is 0 Å². The van der Waals surface area contributed by atoms with Crippen LogP contribution in [-0.4, -0.2) is 19.2 Å². The molecule has 0 aliphatic carbocycles. The van der Waals surface area contributed by atoms with Crippen LogP contribution in [0.5, 0.6) is 5.75 Å². The van der Waals surface area contributed by atoms with Crippen LogP contribution in [0.3, 0.4) is 0 Å². The second-order valence-electron chi connectivity index (χ2n) is 4.37. The van der Waals surface area contributed by atoms with E-state index in [0.29, 0.717) is 0 Å². The van der Waals surface area contributed by atoms with E-state index in [9.17, 15) is 4.79 Å². The number of hydrogen-bond acceptors (Lipinski definition) is 3. The molecule has 0 bridgehead atoms.